The van der Waals surface area contributed by atoms with Gasteiger partial charge in [-0.3, -0.25) is 4.79 Å². The Hall–Kier alpha value is -1.53. The van der Waals surface area contributed by atoms with Gasteiger partial charge in [-0.15, -0.1) is 0 Å². The van der Waals surface area contributed by atoms with Gasteiger partial charge in [0, 0.05) is 23.8 Å². The second kappa shape index (κ2) is 9.25. The number of amides is 1. The largest absolute Gasteiger partial charge is 0.353 e. The van der Waals surface area contributed by atoms with Crippen molar-refractivity contribution in [2.24, 2.45) is 0 Å². The molecule has 1 aliphatic carbocycles. The zero-order valence-electron chi connectivity index (χ0n) is 14.0. The summed E-state index contributed by atoms with van der Waals surface area (Å²) in [7, 11) is 0. The van der Waals surface area contributed by atoms with Gasteiger partial charge in [-0.25, -0.2) is 0 Å². The van der Waals surface area contributed by atoms with Gasteiger partial charge < -0.3 is 9.84 Å². The SMILES string of the molecule is O=C(CCSCc1nc(-c2ccccc2Cl)no1)NC1CCCCC1. The number of carbonyl (C=O) groups is 1. The zero-order chi connectivity index (χ0) is 17.5. The fourth-order valence-electron chi connectivity index (χ4n) is 2.94. The summed E-state index contributed by atoms with van der Waals surface area (Å²) in [5, 5.41) is 7.71. The molecule has 0 unspecified atom stereocenters. The molecule has 1 N–H and O–H groups in total. The Labute approximate surface area is 156 Å². The number of hydrogen-bond acceptors (Lipinski definition) is 5. The van der Waals surface area contributed by atoms with Crippen LogP contribution >= 0.6 is 23.4 Å². The van der Waals surface area contributed by atoms with Crippen molar-refractivity contribution < 1.29 is 9.32 Å². The molecule has 25 heavy (non-hydrogen) atoms. The van der Waals surface area contributed by atoms with Gasteiger partial charge in [0.1, 0.15) is 0 Å². The maximum atomic E-state index is 12.0. The Morgan fingerprint density at radius 2 is 2.08 bits per heavy atom. The lowest BCUT2D eigenvalue weighted by Crippen LogP contribution is -2.36. The first-order valence-electron chi connectivity index (χ1n) is 8.67. The number of nitrogens with one attached hydrogen (secondary N) is 1. The molecular formula is C18H22ClN3O2S. The fourth-order valence-corrected chi connectivity index (χ4v) is 3.92. The minimum atomic E-state index is 0.140. The Balaban J connectivity index is 1.39. The smallest absolute Gasteiger partial charge is 0.236 e. The van der Waals surface area contributed by atoms with Gasteiger partial charge >= 0.3 is 0 Å². The van der Waals surface area contributed by atoms with Gasteiger partial charge in [-0.05, 0) is 25.0 Å². The predicted molar refractivity (Wildman–Crippen MR) is 101 cm³/mol. The Morgan fingerprint density at radius 1 is 1.28 bits per heavy atom. The third kappa shape index (κ3) is 5.47. The normalized spacial score (nSPS) is 15.2. The van der Waals surface area contributed by atoms with Crippen molar-refractivity contribution in [2.75, 3.05) is 5.75 Å². The van der Waals surface area contributed by atoms with Crippen LogP contribution in [0.3, 0.4) is 0 Å². The van der Waals surface area contributed by atoms with Crippen LogP contribution in [0.1, 0.15) is 44.4 Å². The van der Waals surface area contributed by atoms with Crippen molar-refractivity contribution in [3.63, 3.8) is 0 Å². The highest BCUT2D eigenvalue weighted by atomic mass is 35.5. The molecule has 0 radical (unpaired) electrons. The molecule has 0 spiro atoms. The van der Waals surface area contributed by atoms with Gasteiger partial charge in [-0.1, -0.05) is 48.2 Å². The number of thioether (sulfide) groups is 1. The van der Waals surface area contributed by atoms with Crippen LogP contribution in [0.15, 0.2) is 28.8 Å². The van der Waals surface area contributed by atoms with E-state index in [2.05, 4.69) is 15.5 Å². The number of halogens is 1. The number of carbonyl (C=O) groups excluding carboxylic acids is 1. The quantitative estimate of drug-likeness (QED) is 0.719. The van der Waals surface area contributed by atoms with E-state index in [-0.39, 0.29) is 5.91 Å². The average molecular weight is 380 g/mol. The summed E-state index contributed by atoms with van der Waals surface area (Å²) in [6.07, 6.45) is 6.50. The minimum absolute atomic E-state index is 0.140. The number of rotatable bonds is 7. The monoisotopic (exact) mass is 379 g/mol. The first kappa shape index (κ1) is 18.3. The third-order valence-corrected chi connectivity index (χ3v) is 5.53. The van der Waals surface area contributed by atoms with E-state index in [1.165, 1.54) is 19.3 Å². The summed E-state index contributed by atoms with van der Waals surface area (Å²) in [5.41, 5.74) is 0.760. The summed E-state index contributed by atoms with van der Waals surface area (Å²) in [6.45, 7) is 0. The first-order valence-corrected chi connectivity index (χ1v) is 10.2. The minimum Gasteiger partial charge on any atom is -0.353 e. The molecule has 1 aromatic heterocycles. The van der Waals surface area contributed by atoms with Crippen LogP contribution in [0.4, 0.5) is 0 Å². The topological polar surface area (TPSA) is 68.0 Å². The number of aromatic nitrogens is 2. The van der Waals surface area contributed by atoms with Crippen molar-refractivity contribution in [3.8, 4) is 11.4 Å². The van der Waals surface area contributed by atoms with E-state index in [1.807, 2.05) is 18.2 Å². The molecular weight excluding hydrogens is 358 g/mol. The summed E-state index contributed by atoms with van der Waals surface area (Å²) in [5.74, 6) is 2.52. The fraction of sp³-hybridized carbons (Fsp3) is 0.500. The molecule has 1 amide bonds. The van der Waals surface area contributed by atoms with Gasteiger partial charge in [0.2, 0.25) is 17.6 Å². The molecule has 134 valence electrons. The van der Waals surface area contributed by atoms with Crippen molar-refractivity contribution >= 4 is 29.3 Å². The molecule has 7 heteroatoms. The van der Waals surface area contributed by atoms with Crippen LogP contribution in [0.2, 0.25) is 5.02 Å². The second-order valence-electron chi connectivity index (χ2n) is 6.20. The van der Waals surface area contributed by atoms with Crippen molar-refractivity contribution in [1.29, 1.82) is 0 Å². The van der Waals surface area contributed by atoms with Crippen LogP contribution in [0.5, 0.6) is 0 Å². The third-order valence-electron chi connectivity index (χ3n) is 4.25. The van der Waals surface area contributed by atoms with E-state index in [1.54, 1.807) is 17.8 Å². The van der Waals surface area contributed by atoms with Crippen LogP contribution in [0.25, 0.3) is 11.4 Å². The van der Waals surface area contributed by atoms with Gasteiger partial charge in [0.15, 0.2) is 0 Å². The number of hydrogen-bond donors (Lipinski definition) is 1. The van der Waals surface area contributed by atoms with Gasteiger partial charge in [-0.2, -0.15) is 16.7 Å². The summed E-state index contributed by atoms with van der Waals surface area (Å²) in [4.78, 5) is 16.3. The van der Waals surface area contributed by atoms with Crippen LogP contribution in [-0.2, 0) is 10.5 Å². The lowest BCUT2D eigenvalue weighted by molar-refractivity contribution is -0.121. The summed E-state index contributed by atoms with van der Waals surface area (Å²) >= 11 is 7.76. The molecule has 1 saturated carbocycles. The summed E-state index contributed by atoms with van der Waals surface area (Å²) < 4.78 is 5.26. The van der Waals surface area contributed by atoms with E-state index < -0.39 is 0 Å². The Bertz CT molecular complexity index is 701. The highest BCUT2D eigenvalue weighted by Crippen LogP contribution is 2.25. The molecule has 1 heterocycles. The van der Waals surface area contributed by atoms with Crippen LogP contribution < -0.4 is 5.32 Å². The molecule has 1 aromatic carbocycles. The van der Waals surface area contributed by atoms with E-state index in [0.717, 1.165) is 24.2 Å². The van der Waals surface area contributed by atoms with Gasteiger partial charge in [0.25, 0.3) is 0 Å². The molecule has 0 atom stereocenters. The molecule has 1 aliphatic rings. The molecule has 2 aromatic rings. The van der Waals surface area contributed by atoms with Gasteiger partial charge in [0.05, 0.1) is 10.8 Å². The second-order valence-corrected chi connectivity index (χ2v) is 7.71. The first-order chi connectivity index (χ1) is 12.2. The van der Waals surface area contributed by atoms with Crippen LogP contribution in [0, 0.1) is 0 Å². The van der Waals surface area contributed by atoms with E-state index in [4.69, 9.17) is 16.1 Å². The Kier molecular flexibility index (Phi) is 6.76. The molecule has 1 fully saturated rings. The average Bonchev–Trinajstić information content (AvgIpc) is 3.09. The highest BCUT2D eigenvalue weighted by Gasteiger charge is 2.15. The molecule has 0 bridgehead atoms. The lowest BCUT2D eigenvalue weighted by atomic mass is 9.95. The molecule has 3 rings (SSSR count). The molecule has 5 nitrogen and oxygen atoms in total. The predicted octanol–water partition coefficient (Wildman–Crippen LogP) is 4.46. The molecule has 0 saturated heterocycles. The van der Waals surface area contributed by atoms with Crippen LogP contribution in [-0.4, -0.2) is 27.8 Å². The van der Waals surface area contributed by atoms with E-state index >= 15 is 0 Å². The maximum absolute atomic E-state index is 12.0. The number of nitrogens with zero attached hydrogens (tertiary/aromatic N) is 2. The maximum Gasteiger partial charge on any atom is 0.236 e. The number of benzene rings is 1. The highest BCUT2D eigenvalue weighted by molar-refractivity contribution is 7.98. The summed E-state index contributed by atoms with van der Waals surface area (Å²) in [6, 6.07) is 7.78. The van der Waals surface area contributed by atoms with Crippen molar-refractivity contribution in [1.82, 2.24) is 15.5 Å². The van der Waals surface area contributed by atoms with E-state index in [0.29, 0.717) is 35.0 Å². The van der Waals surface area contributed by atoms with Crippen molar-refractivity contribution in [2.45, 2.75) is 50.3 Å². The Morgan fingerprint density at radius 3 is 2.88 bits per heavy atom. The zero-order valence-corrected chi connectivity index (χ0v) is 15.6. The van der Waals surface area contributed by atoms with Crippen molar-refractivity contribution in [3.05, 3.63) is 35.2 Å². The standard InChI is InChI=1S/C18H22ClN3O2S/c19-15-9-5-4-8-14(15)18-21-17(24-22-18)12-25-11-10-16(23)20-13-6-2-1-3-7-13/h4-5,8-9,13H,1-3,6-7,10-12H2,(H,20,23). The van der Waals surface area contributed by atoms with E-state index in [9.17, 15) is 4.79 Å². The molecule has 0 aliphatic heterocycles. The lowest BCUT2D eigenvalue weighted by Gasteiger charge is -2.22.